The molecule has 1 heterocycles. The lowest BCUT2D eigenvalue weighted by Gasteiger charge is -2.19. The topological polar surface area (TPSA) is 92.8 Å². The second-order valence-electron chi connectivity index (χ2n) is 8.58. The molecule has 0 saturated carbocycles. The highest BCUT2D eigenvalue weighted by molar-refractivity contribution is 7.17. The number of anilines is 2. The number of aryl methyl sites for hydroxylation is 5. The first-order chi connectivity index (χ1) is 16.5. The minimum atomic E-state index is -0.329. The van der Waals surface area contributed by atoms with E-state index in [9.17, 15) is 9.59 Å². The smallest absolute Gasteiger partial charge is 0.323 e. The van der Waals surface area contributed by atoms with Gasteiger partial charge in [-0.15, -0.1) is 0 Å². The van der Waals surface area contributed by atoms with Gasteiger partial charge in [-0.1, -0.05) is 29.0 Å². The average molecular weight is 497 g/mol. The zero-order valence-corrected chi connectivity index (χ0v) is 22.3. The molecule has 0 saturated heterocycles. The molecular formula is C26H32N4O4S. The highest BCUT2D eigenvalue weighted by atomic mass is 32.1. The normalized spacial score (nSPS) is 10.6. The van der Waals surface area contributed by atoms with Gasteiger partial charge in [0.05, 0.1) is 19.9 Å². The first-order valence-corrected chi connectivity index (χ1v) is 12.0. The Morgan fingerprint density at radius 2 is 1.51 bits per heavy atom. The summed E-state index contributed by atoms with van der Waals surface area (Å²) in [5.74, 6) is 0.998. The quantitative estimate of drug-likeness (QED) is 0.443. The summed E-state index contributed by atoms with van der Waals surface area (Å²) in [4.78, 5) is 32.2. The van der Waals surface area contributed by atoms with Gasteiger partial charge in [0, 0.05) is 19.3 Å². The molecule has 2 aromatic carbocycles. The number of methoxy groups -OCH3 is 2. The maximum Gasteiger partial charge on any atom is 0.323 e. The fourth-order valence-corrected chi connectivity index (χ4v) is 4.77. The van der Waals surface area contributed by atoms with Crippen molar-refractivity contribution in [2.75, 3.05) is 31.9 Å². The van der Waals surface area contributed by atoms with Crippen molar-refractivity contribution in [1.82, 2.24) is 9.88 Å². The largest absolute Gasteiger partial charge is 0.493 e. The van der Waals surface area contributed by atoms with E-state index in [4.69, 9.17) is 9.47 Å². The fourth-order valence-electron chi connectivity index (χ4n) is 3.92. The number of rotatable bonds is 7. The van der Waals surface area contributed by atoms with Gasteiger partial charge in [0.1, 0.15) is 4.88 Å². The summed E-state index contributed by atoms with van der Waals surface area (Å²) in [6.45, 7) is 10.0. The highest BCUT2D eigenvalue weighted by Gasteiger charge is 2.20. The molecule has 0 spiro atoms. The SMILES string of the molecule is COc1cc(C)c(CN(C)C(=O)Nc2nc(C)c(C(=O)Nc3c(C)cc(C)cc3C)s2)cc1OC. The summed E-state index contributed by atoms with van der Waals surface area (Å²) in [5.41, 5.74) is 6.40. The lowest BCUT2D eigenvalue weighted by Crippen LogP contribution is -2.31. The monoisotopic (exact) mass is 496 g/mol. The average Bonchev–Trinajstić information content (AvgIpc) is 3.16. The molecule has 0 fully saturated rings. The number of aromatic nitrogens is 1. The number of ether oxygens (including phenoxy) is 2. The van der Waals surface area contributed by atoms with E-state index >= 15 is 0 Å². The second-order valence-corrected chi connectivity index (χ2v) is 9.58. The van der Waals surface area contributed by atoms with Crippen molar-refractivity contribution in [3.8, 4) is 11.5 Å². The van der Waals surface area contributed by atoms with Gasteiger partial charge in [0.15, 0.2) is 16.6 Å². The van der Waals surface area contributed by atoms with E-state index in [0.29, 0.717) is 33.7 Å². The van der Waals surface area contributed by atoms with Crippen molar-refractivity contribution < 1.29 is 19.1 Å². The van der Waals surface area contributed by atoms with Crippen LogP contribution in [0.3, 0.4) is 0 Å². The van der Waals surface area contributed by atoms with Gasteiger partial charge in [-0.25, -0.2) is 9.78 Å². The number of nitrogens with zero attached hydrogens (tertiary/aromatic N) is 2. The molecule has 2 N–H and O–H groups in total. The van der Waals surface area contributed by atoms with E-state index < -0.39 is 0 Å². The number of carbonyl (C=O) groups is 2. The third-order valence-corrected chi connectivity index (χ3v) is 6.80. The van der Waals surface area contributed by atoms with Gasteiger partial charge in [-0.05, 0) is 69.0 Å². The maximum absolute atomic E-state index is 13.0. The molecule has 0 bridgehead atoms. The van der Waals surface area contributed by atoms with Crippen LogP contribution in [0.2, 0.25) is 0 Å². The third-order valence-electron chi connectivity index (χ3n) is 5.73. The molecule has 0 radical (unpaired) electrons. The van der Waals surface area contributed by atoms with Gasteiger partial charge in [0.25, 0.3) is 5.91 Å². The Bertz CT molecular complexity index is 1250. The molecule has 1 aromatic heterocycles. The summed E-state index contributed by atoms with van der Waals surface area (Å²) >= 11 is 1.15. The Labute approximate surface area is 210 Å². The summed E-state index contributed by atoms with van der Waals surface area (Å²) in [7, 11) is 4.86. The molecular weight excluding hydrogens is 464 g/mol. The molecule has 0 atom stereocenters. The number of nitrogens with one attached hydrogen (secondary N) is 2. The molecule has 3 rings (SSSR count). The zero-order chi connectivity index (χ0) is 25.9. The van der Waals surface area contributed by atoms with Crippen LogP contribution in [-0.4, -0.2) is 43.1 Å². The number of carbonyl (C=O) groups excluding carboxylic acids is 2. The van der Waals surface area contributed by atoms with Crippen LogP contribution in [0.5, 0.6) is 11.5 Å². The summed E-state index contributed by atoms with van der Waals surface area (Å²) in [6, 6.07) is 7.48. The molecule has 35 heavy (non-hydrogen) atoms. The van der Waals surface area contributed by atoms with E-state index in [1.807, 2.05) is 52.0 Å². The Morgan fingerprint density at radius 3 is 2.11 bits per heavy atom. The fraction of sp³-hybridized carbons (Fsp3) is 0.346. The molecule has 3 amide bonds. The van der Waals surface area contributed by atoms with Crippen molar-refractivity contribution in [2.24, 2.45) is 0 Å². The summed E-state index contributed by atoms with van der Waals surface area (Å²) in [5, 5.41) is 6.17. The predicted octanol–water partition coefficient (Wildman–Crippen LogP) is 5.62. The summed E-state index contributed by atoms with van der Waals surface area (Å²) < 4.78 is 10.7. The second kappa shape index (κ2) is 10.8. The van der Waals surface area contributed by atoms with Crippen LogP contribution < -0.4 is 20.1 Å². The number of benzene rings is 2. The highest BCUT2D eigenvalue weighted by Crippen LogP contribution is 2.31. The van der Waals surface area contributed by atoms with Crippen molar-refractivity contribution in [2.45, 2.75) is 41.2 Å². The van der Waals surface area contributed by atoms with Gasteiger partial charge in [-0.2, -0.15) is 0 Å². The summed E-state index contributed by atoms with van der Waals surface area (Å²) in [6.07, 6.45) is 0. The van der Waals surface area contributed by atoms with Gasteiger partial charge < -0.3 is 19.7 Å². The van der Waals surface area contributed by atoms with Crippen LogP contribution >= 0.6 is 11.3 Å². The van der Waals surface area contributed by atoms with Crippen LogP contribution in [0, 0.1) is 34.6 Å². The maximum atomic E-state index is 13.0. The minimum Gasteiger partial charge on any atom is -0.493 e. The number of urea groups is 1. The molecule has 0 aliphatic rings. The standard InChI is InChI=1S/C26H32N4O4S/c1-14-9-16(3)22(17(4)10-14)28-24(31)23-18(5)27-25(35-23)29-26(32)30(6)13-19-12-21(34-8)20(33-7)11-15(19)2/h9-12H,13H2,1-8H3,(H,28,31)(H,27,29,32). The minimum absolute atomic E-state index is 0.246. The first kappa shape index (κ1) is 26.0. The Kier molecular flexibility index (Phi) is 8.01. The number of thiazole rings is 1. The zero-order valence-electron chi connectivity index (χ0n) is 21.5. The van der Waals surface area contributed by atoms with Crippen molar-refractivity contribution >= 4 is 34.1 Å². The molecule has 0 aliphatic heterocycles. The van der Waals surface area contributed by atoms with Crippen LogP contribution in [0.15, 0.2) is 24.3 Å². The van der Waals surface area contributed by atoms with E-state index in [-0.39, 0.29) is 11.9 Å². The van der Waals surface area contributed by atoms with Crippen LogP contribution in [0.4, 0.5) is 15.6 Å². The molecule has 8 nitrogen and oxygen atoms in total. The van der Waals surface area contributed by atoms with E-state index in [1.165, 1.54) is 0 Å². The van der Waals surface area contributed by atoms with E-state index in [0.717, 1.165) is 44.8 Å². The third kappa shape index (κ3) is 5.92. The Hall–Kier alpha value is -3.59. The molecule has 9 heteroatoms. The van der Waals surface area contributed by atoms with Crippen molar-refractivity contribution in [3.05, 3.63) is 62.7 Å². The lowest BCUT2D eigenvalue weighted by molar-refractivity contribution is 0.102. The van der Waals surface area contributed by atoms with Crippen molar-refractivity contribution in [1.29, 1.82) is 0 Å². The lowest BCUT2D eigenvalue weighted by atomic mass is 10.1. The van der Waals surface area contributed by atoms with Gasteiger partial charge >= 0.3 is 6.03 Å². The van der Waals surface area contributed by atoms with Crippen LogP contribution in [-0.2, 0) is 6.54 Å². The molecule has 0 aliphatic carbocycles. The van der Waals surface area contributed by atoms with E-state index in [2.05, 4.69) is 15.6 Å². The van der Waals surface area contributed by atoms with Crippen molar-refractivity contribution in [3.63, 3.8) is 0 Å². The van der Waals surface area contributed by atoms with Crippen LogP contribution in [0.25, 0.3) is 0 Å². The molecule has 186 valence electrons. The van der Waals surface area contributed by atoms with Crippen LogP contribution in [0.1, 0.15) is 43.2 Å². The number of hydrogen-bond donors (Lipinski definition) is 2. The van der Waals surface area contributed by atoms with Gasteiger partial charge in [0.2, 0.25) is 0 Å². The van der Waals surface area contributed by atoms with Gasteiger partial charge in [-0.3, -0.25) is 10.1 Å². The predicted molar refractivity (Wildman–Crippen MR) is 140 cm³/mol. The Balaban J connectivity index is 1.71. The number of amides is 3. The number of hydrogen-bond acceptors (Lipinski definition) is 6. The first-order valence-electron chi connectivity index (χ1n) is 11.1. The van der Waals surface area contributed by atoms with E-state index in [1.54, 1.807) is 33.1 Å². The Morgan fingerprint density at radius 1 is 0.914 bits per heavy atom. The molecule has 0 unspecified atom stereocenters. The molecule has 3 aromatic rings.